The molecule has 0 aromatic rings. The lowest BCUT2D eigenvalue weighted by molar-refractivity contribution is -0.196. The van der Waals surface area contributed by atoms with E-state index in [1.165, 1.54) is 6.42 Å². The molecule has 3 aliphatic rings. The Bertz CT molecular complexity index is 301. The summed E-state index contributed by atoms with van der Waals surface area (Å²) in [7, 11) is 0. The minimum Gasteiger partial charge on any atom is -0.379 e. The van der Waals surface area contributed by atoms with Crippen LogP contribution < -0.4 is 5.32 Å². The van der Waals surface area contributed by atoms with Gasteiger partial charge in [-0.05, 0) is 19.4 Å². The van der Waals surface area contributed by atoms with Crippen LogP contribution in [-0.4, -0.2) is 68.8 Å². The van der Waals surface area contributed by atoms with E-state index in [2.05, 4.69) is 17.1 Å². The average Bonchev–Trinajstić information content (AvgIpc) is 2.95. The molecule has 0 bridgehead atoms. The number of hydrogen-bond donors (Lipinski definition) is 1. The lowest BCUT2D eigenvalue weighted by atomic mass is 9.84. The number of rotatable bonds is 4. The van der Waals surface area contributed by atoms with Crippen molar-refractivity contribution in [1.82, 2.24) is 10.2 Å². The van der Waals surface area contributed by atoms with Crippen molar-refractivity contribution in [3.8, 4) is 0 Å². The standard InChI is InChI=1S/C15H28N2O3/c1-2-5-16-13-3-4-15(19-10-11-20-15)12-14(13)17-6-8-18-9-7-17/h13-14,16H,2-12H2,1H3. The Labute approximate surface area is 121 Å². The predicted molar refractivity (Wildman–Crippen MR) is 76.7 cm³/mol. The van der Waals surface area contributed by atoms with E-state index in [1.54, 1.807) is 0 Å². The third-order valence-corrected chi connectivity index (χ3v) is 4.81. The van der Waals surface area contributed by atoms with Crippen LogP contribution in [0, 0.1) is 0 Å². The van der Waals surface area contributed by atoms with Crippen molar-refractivity contribution in [2.75, 3.05) is 46.1 Å². The Kier molecular flexibility index (Phi) is 4.94. The van der Waals surface area contributed by atoms with E-state index in [9.17, 15) is 0 Å². The van der Waals surface area contributed by atoms with E-state index in [0.29, 0.717) is 12.1 Å². The first kappa shape index (κ1) is 14.7. The van der Waals surface area contributed by atoms with Gasteiger partial charge in [0.1, 0.15) is 0 Å². The van der Waals surface area contributed by atoms with Crippen LogP contribution in [0.3, 0.4) is 0 Å². The molecule has 5 heteroatoms. The summed E-state index contributed by atoms with van der Waals surface area (Å²) in [6, 6.07) is 1.07. The summed E-state index contributed by atoms with van der Waals surface area (Å²) in [6.45, 7) is 8.60. The smallest absolute Gasteiger partial charge is 0.170 e. The molecule has 1 aliphatic carbocycles. The summed E-state index contributed by atoms with van der Waals surface area (Å²) < 4.78 is 17.4. The predicted octanol–water partition coefficient (Wildman–Crippen LogP) is 0.982. The summed E-state index contributed by atoms with van der Waals surface area (Å²) in [4.78, 5) is 2.57. The lowest BCUT2D eigenvalue weighted by Gasteiger charge is -2.47. The third-order valence-electron chi connectivity index (χ3n) is 4.81. The number of ether oxygens (including phenoxy) is 3. The van der Waals surface area contributed by atoms with Gasteiger partial charge < -0.3 is 19.5 Å². The van der Waals surface area contributed by atoms with Crippen LogP contribution in [0.15, 0.2) is 0 Å². The summed E-state index contributed by atoms with van der Waals surface area (Å²) >= 11 is 0. The molecule has 3 fully saturated rings. The molecule has 0 amide bonds. The molecule has 116 valence electrons. The Morgan fingerprint density at radius 2 is 1.90 bits per heavy atom. The van der Waals surface area contributed by atoms with Gasteiger partial charge in [0.05, 0.1) is 26.4 Å². The third kappa shape index (κ3) is 3.17. The molecule has 1 spiro atoms. The molecule has 0 aromatic heterocycles. The molecular formula is C15H28N2O3. The zero-order valence-electron chi connectivity index (χ0n) is 12.6. The van der Waals surface area contributed by atoms with Crippen molar-refractivity contribution >= 4 is 0 Å². The van der Waals surface area contributed by atoms with Crippen molar-refractivity contribution in [1.29, 1.82) is 0 Å². The molecule has 2 heterocycles. The Morgan fingerprint density at radius 1 is 1.15 bits per heavy atom. The van der Waals surface area contributed by atoms with E-state index in [4.69, 9.17) is 14.2 Å². The van der Waals surface area contributed by atoms with Gasteiger partial charge in [-0.25, -0.2) is 0 Å². The van der Waals surface area contributed by atoms with E-state index in [-0.39, 0.29) is 5.79 Å². The summed E-state index contributed by atoms with van der Waals surface area (Å²) in [5.74, 6) is -0.298. The van der Waals surface area contributed by atoms with Gasteiger partial charge in [0.25, 0.3) is 0 Å². The number of nitrogens with zero attached hydrogens (tertiary/aromatic N) is 1. The molecule has 5 nitrogen and oxygen atoms in total. The molecule has 0 aromatic carbocycles. The normalized spacial score (nSPS) is 34.6. The molecular weight excluding hydrogens is 256 g/mol. The molecule has 2 saturated heterocycles. The van der Waals surface area contributed by atoms with E-state index in [1.807, 2.05) is 0 Å². The maximum Gasteiger partial charge on any atom is 0.170 e. The van der Waals surface area contributed by atoms with Gasteiger partial charge in [-0.2, -0.15) is 0 Å². The van der Waals surface area contributed by atoms with Crippen molar-refractivity contribution < 1.29 is 14.2 Å². The maximum absolute atomic E-state index is 5.95. The van der Waals surface area contributed by atoms with Crippen LogP contribution in [0.5, 0.6) is 0 Å². The second kappa shape index (κ2) is 6.71. The largest absolute Gasteiger partial charge is 0.379 e. The summed E-state index contributed by atoms with van der Waals surface area (Å²) in [5.41, 5.74) is 0. The van der Waals surface area contributed by atoms with Crippen molar-refractivity contribution in [3.63, 3.8) is 0 Å². The van der Waals surface area contributed by atoms with Crippen LogP contribution in [-0.2, 0) is 14.2 Å². The monoisotopic (exact) mass is 284 g/mol. The van der Waals surface area contributed by atoms with Crippen LogP contribution in [0.2, 0.25) is 0 Å². The highest BCUT2D eigenvalue weighted by molar-refractivity contribution is 4.97. The molecule has 20 heavy (non-hydrogen) atoms. The minimum absolute atomic E-state index is 0.298. The van der Waals surface area contributed by atoms with E-state index < -0.39 is 0 Å². The fourth-order valence-electron chi connectivity index (χ4n) is 3.75. The first-order chi connectivity index (χ1) is 9.83. The summed E-state index contributed by atoms with van der Waals surface area (Å²) in [5, 5.41) is 3.73. The molecule has 1 N–H and O–H groups in total. The highest BCUT2D eigenvalue weighted by Gasteiger charge is 2.46. The van der Waals surface area contributed by atoms with Crippen LogP contribution >= 0.6 is 0 Å². The second-order valence-electron chi connectivity index (χ2n) is 6.13. The van der Waals surface area contributed by atoms with Gasteiger partial charge in [-0.15, -0.1) is 0 Å². The van der Waals surface area contributed by atoms with Gasteiger partial charge in [0, 0.05) is 38.0 Å². The highest BCUT2D eigenvalue weighted by atomic mass is 16.7. The number of nitrogens with one attached hydrogen (secondary N) is 1. The fourth-order valence-corrected chi connectivity index (χ4v) is 3.75. The topological polar surface area (TPSA) is 43.0 Å². The number of morpholine rings is 1. The van der Waals surface area contributed by atoms with E-state index in [0.717, 1.165) is 65.3 Å². The maximum atomic E-state index is 5.95. The minimum atomic E-state index is -0.298. The Morgan fingerprint density at radius 3 is 2.60 bits per heavy atom. The molecule has 0 radical (unpaired) electrons. The quantitative estimate of drug-likeness (QED) is 0.834. The molecule has 1 saturated carbocycles. The van der Waals surface area contributed by atoms with Gasteiger partial charge in [0.15, 0.2) is 5.79 Å². The molecule has 2 aliphatic heterocycles. The van der Waals surface area contributed by atoms with Gasteiger partial charge in [0.2, 0.25) is 0 Å². The zero-order valence-corrected chi connectivity index (χ0v) is 12.6. The Balaban J connectivity index is 1.67. The van der Waals surface area contributed by atoms with Gasteiger partial charge in [-0.1, -0.05) is 6.92 Å². The van der Waals surface area contributed by atoms with Gasteiger partial charge in [-0.3, -0.25) is 4.90 Å². The first-order valence-electron chi connectivity index (χ1n) is 8.16. The zero-order chi connectivity index (χ0) is 13.8. The fraction of sp³-hybridized carbons (Fsp3) is 1.00. The molecule has 2 unspecified atom stereocenters. The SMILES string of the molecule is CCCNC1CCC2(CC1N1CCOCC1)OCCO2. The number of hydrogen-bond acceptors (Lipinski definition) is 5. The van der Waals surface area contributed by atoms with Gasteiger partial charge >= 0.3 is 0 Å². The first-order valence-corrected chi connectivity index (χ1v) is 8.16. The molecule has 2 atom stereocenters. The van der Waals surface area contributed by atoms with Crippen LogP contribution in [0.1, 0.15) is 32.6 Å². The molecule has 3 rings (SSSR count). The Hall–Kier alpha value is -0.200. The van der Waals surface area contributed by atoms with Crippen molar-refractivity contribution in [3.05, 3.63) is 0 Å². The summed E-state index contributed by atoms with van der Waals surface area (Å²) in [6.07, 6.45) is 4.34. The average molecular weight is 284 g/mol. The second-order valence-corrected chi connectivity index (χ2v) is 6.13. The lowest BCUT2D eigenvalue weighted by Crippen LogP contribution is -2.59. The van der Waals surface area contributed by atoms with Crippen molar-refractivity contribution in [2.45, 2.75) is 50.5 Å². The van der Waals surface area contributed by atoms with Crippen LogP contribution in [0.4, 0.5) is 0 Å². The van der Waals surface area contributed by atoms with E-state index >= 15 is 0 Å². The highest BCUT2D eigenvalue weighted by Crippen LogP contribution is 2.38. The van der Waals surface area contributed by atoms with Crippen molar-refractivity contribution in [2.24, 2.45) is 0 Å². The van der Waals surface area contributed by atoms with Crippen LogP contribution in [0.25, 0.3) is 0 Å².